The summed E-state index contributed by atoms with van der Waals surface area (Å²) in [7, 11) is 0. The SMILES string of the molecule is Cc1ccc(F)c(C2(CO)CCC2)c1. The van der Waals surface area contributed by atoms with Crippen LogP contribution in [0.5, 0.6) is 0 Å². The zero-order chi connectivity index (χ0) is 10.2. The molecule has 0 aliphatic heterocycles. The minimum absolute atomic E-state index is 0.0629. The van der Waals surface area contributed by atoms with Crippen LogP contribution in [0.4, 0.5) is 4.39 Å². The third-order valence-electron chi connectivity index (χ3n) is 3.31. The quantitative estimate of drug-likeness (QED) is 0.767. The van der Waals surface area contributed by atoms with Gasteiger partial charge in [-0.25, -0.2) is 4.39 Å². The molecule has 0 spiro atoms. The lowest BCUT2D eigenvalue weighted by Gasteiger charge is -2.41. The van der Waals surface area contributed by atoms with Crippen molar-refractivity contribution >= 4 is 0 Å². The Hall–Kier alpha value is -0.890. The van der Waals surface area contributed by atoms with Gasteiger partial charge < -0.3 is 5.11 Å². The fourth-order valence-corrected chi connectivity index (χ4v) is 2.16. The molecule has 0 bridgehead atoms. The molecular weight excluding hydrogens is 179 g/mol. The summed E-state index contributed by atoms with van der Waals surface area (Å²) in [6.07, 6.45) is 2.90. The van der Waals surface area contributed by atoms with Gasteiger partial charge in [-0.2, -0.15) is 0 Å². The Morgan fingerprint density at radius 3 is 2.64 bits per heavy atom. The topological polar surface area (TPSA) is 20.2 Å². The molecule has 76 valence electrons. The zero-order valence-electron chi connectivity index (χ0n) is 8.39. The van der Waals surface area contributed by atoms with E-state index in [1.54, 1.807) is 6.07 Å². The Kier molecular flexibility index (Phi) is 2.31. The molecule has 1 aliphatic rings. The van der Waals surface area contributed by atoms with E-state index in [1.807, 2.05) is 13.0 Å². The highest BCUT2D eigenvalue weighted by Crippen LogP contribution is 2.44. The van der Waals surface area contributed by atoms with E-state index in [-0.39, 0.29) is 17.8 Å². The normalized spacial score (nSPS) is 19.1. The second kappa shape index (κ2) is 3.35. The molecule has 2 rings (SSSR count). The van der Waals surface area contributed by atoms with Gasteiger partial charge in [-0.1, -0.05) is 24.1 Å². The van der Waals surface area contributed by atoms with Gasteiger partial charge in [0.1, 0.15) is 5.82 Å². The summed E-state index contributed by atoms with van der Waals surface area (Å²) >= 11 is 0. The molecule has 1 aliphatic carbocycles. The first-order valence-corrected chi connectivity index (χ1v) is 5.05. The van der Waals surface area contributed by atoms with E-state index in [0.29, 0.717) is 5.56 Å². The number of halogens is 1. The molecule has 1 aromatic carbocycles. The summed E-state index contributed by atoms with van der Waals surface area (Å²) in [5.41, 5.74) is 1.48. The lowest BCUT2D eigenvalue weighted by molar-refractivity contribution is 0.116. The van der Waals surface area contributed by atoms with Crippen molar-refractivity contribution in [2.75, 3.05) is 6.61 Å². The number of aryl methyl sites for hydroxylation is 1. The van der Waals surface area contributed by atoms with E-state index < -0.39 is 0 Å². The largest absolute Gasteiger partial charge is 0.395 e. The van der Waals surface area contributed by atoms with Gasteiger partial charge in [0.2, 0.25) is 0 Å². The molecule has 0 heterocycles. The van der Waals surface area contributed by atoms with Gasteiger partial charge in [-0.05, 0) is 31.4 Å². The van der Waals surface area contributed by atoms with Crippen LogP contribution in [0.15, 0.2) is 18.2 Å². The van der Waals surface area contributed by atoms with Gasteiger partial charge in [0.15, 0.2) is 0 Å². The Morgan fingerprint density at radius 1 is 1.43 bits per heavy atom. The van der Waals surface area contributed by atoms with Crippen molar-refractivity contribution in [3.05, 3.63) is 35.1 Å². The van der Waals surface area contributed by atoms with E-state index in [2.05, 4.69) is 0 Å². The van der Waals surface area contributed by atoms with Crippen LogP contribution in [-0.2, 0) is 5.41 Å². The van der Waals surface area contributed by atoms with Crippen LogP contribution < -0.4 is 0 Å². The minimum atomic E-state index is -0.282. The number of rotatable bonds is 2. The molecule has 2 heteroatoms. The third kappa shape index (κ3) is 1.34. The summed E-state index contributed by atoms with van der Waals surface area (Å²) < 4.78 is 13.6. The van der Waals surface area contributed by atoms with E-state index in [4.69, 9.17) is 0 Å². The molecule has 1 N–H and O–H groups in total. The summed E-state index contributed by atoms with van der Waals surface area (Å²) in [6, 6.07) is 5.13. The second-order valence-electron chi connectivity index (χ2n) is 4.28. The standard InChI is InChI=1S/C12H15FO/c1-9-3-4-11(13)10(7-9)12(8-14)5-2-6-12/h3-4,7,14H,2,5-6,8H2,1H3. The first-order valence-electron chi connectivity index (χ1n) is 5.05. The third-order valence-corrected chi connectivity index (χ3v) is 3.31. The maximum absolute atomic E-state index is 13.6. The fourth-order valence-electron chi connectivity index (χ4n) is 2.16. The lowest BCUT2D eigenvalue weighted by Crippen LogP contribution is -2.38. The number of benzene rings is 1. The van der Waals surface area contributed by atoms with E-state index in [0.717, 1.165) is 24.8 Å². The maximum atomic E-state index is 13.6. The van der Waals surface area contributed by atoms with Gasteiger partial charge >= 0.3 is 0 Å². The van der Waals surface area contributed by atoms with E-state index in [1.165, 1.54) is 6.07 Å². The Balaban J connectivity index is 2.43. The van der Waals surface area contributed by atoms with Gasteiger partial charge in [-0.15, -0.1) is 0 Å². The monoisotopic (exact) mass is 194 g/mol. The molecule has 14 heavy (non-hydrogen) atoms. The fraction of sp³-hybridized carbons (Fsp3) is 0.500. The van der Waals surface area contributed by atoms with Gasteiger partial charge in [0, 0.05) is 5.41 Å². The average Bonchev–Trinajstić information content (AvgIpc) is 2.10. The van der Waals surface area contributed by atoms with Crippen LogP contribution in [0.2, 0.25) is 0 Å². The molecular formula is C12H15FO. The van der Waals surface area contributed by atoms with Gasteiger partial charge in [0.05, 0.1) is 6.61 Å². The lowest BCUT2D eigenvalue weighted by atomic mass is 9.64. The van der Waals surface area contributed by atoms with Crippen molar-refractivity contribution in [3.63, 3.8) is 0 Å². The van der Waals surface area contributed by atoms with Crippen LogP contribution >= 0.6 is 0 Å². The van der Waals surface area contributed by atoms with Crippen LogP contribution in [-0.4, -0.2) is 11.7 Å². The molecule has 1 nitrogen and oxygen atoms in total. The molecule has 1 fully saturated rings. The molecule has 1 saturated carbocycles. The molecule has 0 aromatic heterocycles. The second-order valence-corrected chi connectivity index (χ2v) is 4.28. The van der Waals surface area contributed by atoms with Crippen LogP contribution in [0.1, 0.15) is 30.4 Å². The highest BCUT2D eigenvalue weighted by molar-refractivity contribution is 5.33. The molecule has 1 aromatic rings. The first-order chi connectivity index (χ1) is 6.68. The highest BCUT2D eigenvalue weighted by atomic mass is 19.1. The summed E-state index contributed by atoms with van der Waals surface area (Å²) in [4.78, 5) is 0. The van der Waals surface area contributed by atoms with Crippen LogP contribution in [0.3, 0.4) is 0 Å². The Labute approximate surface area is 83.6 Å². The van der Waals surface area contributed by atoms with Crippen molar-refractivity contribution < 1.29 is 9.50 Å². The van der Waals surface area contributed by atoms with Crippen molar-refractivity contribution in [2.24, 2.45) is 0 Å². The number of hydrogen-bond acceptors (Lipinski definition) is 1. The van der Waals surface area contributed by atoms with Crippen LogP contribution in [0, 0.1) is 12.7 Å². The average molecular weight is 194 g/mol. The summed E-state index contributed by atoms with van der Waals surface area (Å²) in [5.74, 6) is -0.177. The molecule has 0 unspecified atom stereocenters. The molecule has 0 amide bonds. The molecule has 0 radical (unpaired) electrons. The van der Waals surface area contributed by atoms with E-state index >= 15 is 0 Å². The minimum Gasteiger partial charge on any atom is -0.395 e. The predicted molar refractivity (Wildman–Crippen MR) is 53.8 cm³/mol. The van der Waals surface area contributed by atoms with Crippen molar-refractivity contribution in [1.29, 1.82) is 0 Å². The van der Waals surface area contributed by atoms with E-state index in [9.17, 15) is 9.50 Å². The Morgan fingerprint density at radius 2 is 2.14 bits per heavy atom. The zero-order valence-corrected chi connectivity index (χ0v) is 8.39. The van der Waals surface area contributed by atoms with Crippen molar-refractivity contribution in [3.8, 4) is 0 Å². The molecule has 0 saturated heterocycles. The Bertz CT molecular complexity index is 337. The van der Waals surface area contributed by atoms with Gasteiger partial charge in [0.25, 0.3) is 0 Å². The van der Waals surface area contributed by atoms with Gasteiger partial charge in [-0.3, -0.25) is 0 Å². The predicted octanol–water partition coefficient (Wildman–Crippen LogP) is 2.55. The number of hydrogen-bond donors (Lipinski definition) is 1. The van der Waals surface area contributed by atoms with Crippen LogP contribution in [0.25, 0.3) is 0 Å². The smallest absolute Gasteiger partial charge is 0.127 e. The maximum Gasteiger partial charge on any atom is 0.127 e. The van der Waals surface area contributed by atoms with Crippen molar-refractivity contribution in [2.45, 2.75) is 31.6 Å². The summed E-state index contributed by atoms with van der Waals surface area (Å²) in [5, 5.41) is 9.34. The number of aliphatic hydroxyl groups excluding tert-OH is 1. The number of aliphatic hydroxyl groups is 1. The molecule has 0 atom stereocenters. The first kappa shape index (κ1) is 9.66. The summed E-state index contributed by atoms with van der Waals surface area (Å²) in [6.45, 7) is 2.01. The highest BCUT2D eigenvalue weighted by Gasteiger charge is 2.39. The van der Waals surface area contributed by atoms with Crippen molar-refractivity contribution in [1.82, 2.24) is 0 Å².